The Morgan fingerprint density at radius 2 is 1.12 bits per heavy atom. The van der Waals surface area contributed by atoms with Crippen LogP contribution < -0.4 is 0 Å². The van der Waals surface area contributed by atoms with Crippen LogP contribution in [0.2, 0.25) is 0 Å². The van der Waals surface area contributed by atoms with E-state index in [2.05, 4.69) is 21.5 Å². The van der Waals surface area contributed by atoms with Crippen molar-refractivity contribution in [3.05, 3.63) is 25.3 Å². The van der Waals surface area contributed by atoms with Crippen LogP contribution in [0.25, 0.3) is 0 Å². The van der Waals surface area contributed by atoms with E-state index in [0.717, 1.165) is 0 Å². The van der Waals surface area contributed by atoms with Gasteiger partial charge in [0.25, 0.3) is 0 Å². The summed E-state index contributed by atoms with van der Waals surface area (Å²) in [5, 5.41) is 0. The van der Waals surface area contributed by atoms with Gasteiger partial charge in [-0.2, -0.15) is 16.8 Å². The van der Waals surface area contributed by atoms with Crippen LogP contribution in [0.1, 0.15) is 0 Å². The number of hydrogen-bond donors (Lipinski definition) is 2. The molecule has 17 heavy (non-hydrogen) atoms. The molecule has 0 unspecified atom stereocenters. The third-order valence-electron chi connectivity index (χ3n) is 0.670. The molecule has 0 fully saturated rings. The van der Waals surface area contributed by atoms with Crippen LogP contribution >= 0.6 is 0 Å². The SMILES string of the molecule is C=CCOS(=O)(=O)O.C=CCOS(=O)(=O)O.[NaH]. The molecule has 0 aliphatic heterocycles. The molecule has 0 atom stereocenters. The maximum atomic E-state index is 9.68. The molecule has 8 nitrogen and oxygen atoms in total. The van der Waals surface area contributed by atoms with E-state index in [-0.39, 0.29) is 42.8 Å². The third-order valence-corrected chi connectivity index (χ3v) is 1.54. The molecule has 2 N–H and O–H groups in total. The molecule has 0 saturated heterocycles. The average molecular weight is 300 g/mol. The molecule has 0 aromatic rings. The van der Waals surface area contributed by atoms with Gasteiger partial charge in [0.2, 0.25) is 0 Å². The first-order valence-electron chi connectivity index (χ1n) is 3.58. The van der Waals surface area contributed by atoms with Crippen LogP contribution in [-0.2, 0) is 29.2 Å². The van der Waals surface area contributed by atoms with Gasteiger partial charge < -0.3 is 0 Å². The summed E-state index contributed by atoms with van der Waals surface area (Å²) in [5.41, 5.74) is 0. The molecule has 0 rings (SSSR count). The van der Waals surface area contributed by atoms with Crippen molar-refractivity contribution in [2.24, 2.45) is 0 Å². The summed E-state index contributed by atoms with van der Waals surface area (Å²) in [4.78, 5) is 0. The summed E-state index contributed by atoms with van der Waals surface area (Å²) in [5.74, 6) is 0. The van der Waals surface area contributed by atoms with Crippen molar-refractivity contribution in [2.45, 2.75) is 0 Å². The fraction of sp³-hybridized carbons (Fsp3) is 0.333. The minimum atomic E-state index is -4.26. The average Bonchev–Trinajstić information content (AvgIpc) is 2.10. The molecular formula is C6H13NaO8S2. The van der Waals surface area contributed by atoms with Crippen molar-refractivity contribution in [1.29, 1.82) is 0 Å². The van der Waals surface area contributed by atoms with Crippen molar-refractivity contribution < 1.29 is 34.3 Å². The summed E-state index contributed by atoms with van der Waals surface area (Å²) < 4.78 is 62.0. The molecule has 0 radical (unpaired) electrons. The van der Waals surface area contributed by atoms with Crippen molar-refractivity contribution in [3.8, 4) is 0 Å². The van der Waals surface area contributed by atoms with Gasteiger partial charge in [0.15, 0.2) is 0 Å². The zero-order chi connectivity index (χ0) is 13.2. The summed E-state index contributed by atoms with van der Waals surface area (Å²) in [6.45, 7) is 5.94. The molecule has 98 valence electrons. The van der Waals surface area contributed by atoms with Crippen molar-refractivity contribution in [1.82, 2.24) is 0 Å². The van der Waals surface area contributed by atoms with Crippen LogP contribution in [0.15, 0.2) is 25.3 Å². The molecule has 0 aliphatic carbocycles. The molecule has 11 heteroatoms. The molecule has 0 aromatic carbocycles. The Hall–Kier alpha value is 0.220. The molecule has 0 aromatic heterocycles. The van der Waals surface area contributed by atoms with Gasteiger partial charge >= 0.3 is 50.4 Å². The van der Waals surface area contributed by atoms with E-state index >= 15 is 0 Å². The Bertz CT molecular complexity index is 358. The van der Waals surface area contributed by atoms with Crippen LogP contribution in [0.3, 0.4) is 0 Å². The normalized spacial score (nSPS) is 10.5. The van der Waals surface area contributed by atoms with Gasteiger partial charge in [-0.15, -0.1) is 13.2 Å². The maximum absolute atomic E-state index is 9.68. The van der Waals surface area contributed by atoms with Crippen molar-refractivity contribution in [2.75, 3.05) is 13.2 Å². The first kappa shape index (κ1) is 22.4. The molecule has 0 heterocycles. The Morgan fingerprint density at radius 1 is 0.882 bits per heavy atom. The van der Waals surface area contributed by atoms with Gasteiger partial charge in [0.1, 0.15) is 0 Å². The van der Waals surface area contributed by atoms with Crippen molar-refractivity contribution in [3.63, 3.8) is 0 Å². The number of rotatable bonds is 6. The standard InChI is InChI=1S/2C3H6O4S.Na.H/c2*1-2-3-7-8(4,5)6;;/h2*2H,1,3H2,(H,4,5,6);;. The van der Waals surface area contributed by atoms with E-state index in [9.17, 15) is 16.8 Å². The van der Waals surface area contributed by atoms with Gasteiger partial charge in [0, 0.05) is 0 Å². The zero-order valence-corrected chi connectivity index (χ0v) is 9.78. The van der Waals surface area contributed by atoms with Crippen LogP contribution in [0, 0.1) is 0 Å². The van der Waals surface area contributed by atoms with E-state index in [4.69, 9.17) is 9.11 Å². The molecule has 0 bridgehead atoms. The van der Waals surface area contributed by atoms with Crippen molar-refractivity contribution >= 4 is 50.4 Å². The predicted molar refractivity (Wildman–Crippen MR) is 62.5 cm³/mol. The Morgan fingerprint density at radius 3 is 1.18 bits per heavy atom. The molecule has 0 spiro atoms. The van der Waals surface area contributed by atoms with E-state index in [0.29, 0.717) is 0 Å². The van der Waals surface area contributed by atoms with Gasteiger partial charge in [0.05, 0.1) is 13.2 Å². The summed E-state index contributed by atoms with van der Waals surface area (Å²) in [7, 11) is -8.52. The van der Waals surface area contributed by atoms with Crippen LogP contribution in [-0.4, -0.2) is 68.7 Å². The fourth-order valence-corrected chi connectivity index (χ4v) is 0.805. The third kappa shape index (κ3) is 31.4. The van der Waals surface area contributed by atoms with Crippen LogP contribution in [0.4, 0.5) is 0 Å². The van der Waals surface area contributed by atoms with Crippen LogP contribution in [0.5, 0.6) is 0 Å². The fourth-order valence-electron chi connectivity index (χ4n) is 0.268. The van der Waals surface area contributed by atoms with Gasteiger partial charge in [-0.25, -0.2) is 8.37 Å². The van der Waals surface area contributed by atoms with E-state index in [1.165, 1.54) is 12.2 Å². The quantitative estimate of drug-likeness (QED) is 0.376. The first-order chi connectivity index (χ1) is 7.12. The predicted octanol–water partition coefficient (Wildman–Crippen LogP) is -0.665. The van der Waals surface area contributed by atoms with Gasteiger partial charge in [-0.1, -0.05) is 12.2 Å². The minimum absolute atomic E-state index is 0. The zero-order valence-electron chi connectivity index (χ0n) is 8.14. The molecular weight excluding hydrogens is 287 g/mol. The molecule has 0 amide bonds. The van der Waals surface area contributed by atoms with E-state index < -0.39 is 20.8 Å². The second-order valence-electron chi connectivity index (χ2n) is 2.00. The van der Waals surface area contributed by atoms with Gasteiger partial charge in [-0.05, 0) is 0 Å². The monoisotopic (exact) mass is 300 g/mol. The Labute approximate surface area is 123 Å². The Balaban J connectivity index is -0.000000218. The summed E-state index contributed by atoms with van der Waals surface area (Å²) in [6, 6.07) is 0. The second-order valence-corrected chi connectivity index (χ2v) is 4.18. The van der Waals surface area contributed by atoms with E-state index in [1.807, 2.05) is 0 Å². The van der Waals surface area contributed by atoms with E-state index in [1.54, 1.807) is 0 Å². The Kier molecular flexibility index (Phi) is 14.9. The number of hydrogen-bond acceptors (Lipinski definition) is 6. The topological polar surface area (TPSA) is 127 Å². The second kappa shape index (κ2) is 11.3. The van der Waals surface area contributed by atoms with Gasteiger partial charge in [-0.3, -0.25) is 9.11 Å². The first-order valence-corrected chi connectivity index (χ1v) is 6.31. The summed E-state index contributed by atoms with van der Waals surface area (Å²) >= 11 is 0. The molecule has 0 saturated carbocycles. The summed E-state index contributed by atoms with van der Waals surface area (Å²) in [6.07, 6.45) is 2.43. The molecule has 0 aliphatic rings.